The summed E-state index contributed by atoms with van der Waals surface area (Å²) in [6.45, 7) is 1.63. The van der Waals surface area contributed by atoms with Crippen LogP contribution < -0.4 is 5.56 Å². The number of hydrogen-bond acceptors (Lipinski definition) is 3. The van der Waals surface area contributed by atoms with Gasteiger partial charge in [-0.25, -0.2) is 9.48 Å². The zero-order valence-corrected chi connectivity index (χ0v) is 9.29. The van der Waals surface area contributed by atoms with Crippen LogP contribution in [0.1, 0.15) is 19.4 Å². The Kier molecular flexibility index (Phi) is 3.71. The second kappa shape index (κ2) is 4.63. The minimum Gasteiger partial charge on any atom is -0.480 e. The average Bonchev–Trinajstić information content (AvgIpc) is 2.18. The topological polar surface area (TPSA) is 72.2 Å². The van der Waals surface area contributed by atoms with E-state index < -0.39 is 17.6 Å². The first kappa shape index (κ1) is 12.0. The number of nitrogens with zero attached hydrogens (tertiary/aromatic N) is 2. The van der Waals surface area contributed by atoms with Crippen molar-refractivity contribution in [3.8, 4) is 0 Å². The van der Waals surface area contributed by atoms with E-state index in [4.69, 9.17) is 28.3 Å². The van der Waals surface area contributed by atoms with Crippen molar-refractivity contribution < 1.29 is 9.90 Å². The summed E-state index contributed by atoms with van der Waals surface area (Å²) in [6, 6.07) is -1.02. The van der Waals surface area contributed by atoms with Crippen LogP contribution in [0.4, 0.5) is 0 Å². The fourth-order valence-corrected chi connectivity index (χ4v) is 1.36. The fourth-order valence-electron chi connectivity index (χ4n) is 1.10. The molecule has 5 nitrogen and oxygen atoms in total. The normalized spacial score (nSPS) is 12.5. The van der Waals surface area contributed by atoms with Gasteiger partial charge in [-0.1, -0.05) is 30.1 Å². The van der Waals surface area contributed by atoms with Crippen molar-refractivity contribution in [3.63, 3.8) is 0 Å². The van der Waals surface area contributed by atoms with Gasteiger partial charge < -0.3 is 5.11 Å². The highest BCUT2D eigenvalue weighted by atomic mass is 35.5. The molecular weight excluding hydrogens is 243 g/mol. The van der Waals surface area contributed by atoms with Gasteiger partial charge in [0, 0.05) is 0 Å². The van der Waals surface area contributed by atoms with E-state index in [1.165, 1.54) is 0 Å². The van der Waals surface area contributed by atoms with Gasteiger partial charge in [0.1, 0.15) is 5.02 Å². The standard InChI is InChI=1S/C8H8Cl2N2O3/c1-2-5(8(14)15)12-7(13)6(10)4(9)3-11-12/h3,5H,2H2,1H3,(H,14,15). The van der Waals surface area contributed by atoms with Gasteiger partial charge in [-0.15, -0.1) is 0 Å². The molecule has 1 unspecified atom stereocenters. The zero-order chi connectivity index (χ0) is 11.6. The van der Waals surface area contributed by atoms with Gasteiger partial charge >= 0.3 is 5.97 Å². The van der Waals surface area contributed by atoms with E-state index in [1.54, 1.807) is 6.92 Å². The Hall–Kier alpha value is -1.07. The lowest BCUT2D eigenvalue weighted by Crippen LogP contribution is -2.31. The van der Waals surface area contributed by atoms with Gasteiger partial charge in [-0.05, 0) is 6.42 Å². The highest BCUT2D eigenvalue weighted by Crippen LogP contribution is 2.16. The Morgan fingerprint density at radius 1 is 1.67 bits per heavy atom. The van der Waals surface area contributed by atoms with E-state index in [0.717, 1.165) is 10.9 Å². The molecule has 0 aliphatic rings. The first-order chi connectivity index (χ1) is 6.99. The molecule has 7 heteroatoms. The van der Waals surface area contributed by atoms with Crippen LogP contribution in [0.15, 0.2) is 11.0 Å². The second-order valence-electron chi connectivity index (χ2n) is 2.82. The van der Waals surface area contributed by atoms with Crippen molar-refractivity contribution >= 4 is 29.2 Å². The molecule has 1 N–H and O–H groups in total. The van der Waals surface area contributed by atoms with Crippen molar-refractivity contribution in [3.05, 3.63) is 26.6 Å². The van der Waals surface area contributed by atoms with Crippen LogP contribution in [0.5, 0.6) is 0 Å². The van der Waals surface area contributed by atoms with Crippen molar-refractivity contribution in [1.82, 2.24) is 9.78 Å². The molecule has 1 aromatic rings. The smallest absolute Gasteiger partial charge is 0.328 e. The number of carbonyl (C=O) groups is 1. The molecule has 1 rings (SSSR count). The Morgan fingerprint density at radius 3 is 2.73 bits per heavy atom. The maximum atomic E-state index is 11.5. The van der Waals surface area contributed by atoms with E-state index in [0.29, 0.717) is 0 Å². The summed E-state index contributed by atoms with van der Waals surface area (Å²) in [7, 11) is 0. The summed E-state index contributed by atoms with van der Waals surface area (Å²) < 4.78 is 0.816. The monoisotopic (exact) mass is 250 g/mol. The van der Waals surface area contributed by atoms with E-state index in [1.807, 2.05) is 0 Å². The molecular formula is C8H8Cl2N2O3. The summed E-state index contributed by atoms with van der Waals surface area (Å²) in [5, 5.41) is 12.3. The Labute approximate surface area is 95.2 Å². The summed E-state index contributed by atoms with van der Waals surface area (Å²) >= 11 is 11.1. The minimum atomic E-state index is -1.13. The Morgan fingerprint density at radius 2 is 2.27 bits per heavy atom. The van der Waals surface area contributed by atoms with Crippen LogP contribution in [0.25, 0.3) is 0 Å². The molecule has 1 heterocycles. The van der Waals surface area contributed by atoms with Crippen molar-refractivity contribution in [1.29, 1.82) is 0 Å². The third-order valence-electron chi connectivity index (χ3n) is 1.87. The molecule has 82 valence electrons. The van der Waals surface area contributed by atoms with Gasteiger partial charge in [-0.3, -0.25) is 4.79 Å². The summed E-state index contributed by atoms with van der Waals surface area (Å²) in [4.78, 5) is 22.3. The molecule has 0 fully saturated rings. The molecule has 0 spiro atoms. The number of carboxylic acids is 1. The van der Waals surface area contributed by atoms with Crippen LogP contribution in [0.2, 0.25) is 10.0 Å². The third kappa shape index (κ3) is 2.30. The predicted octanol–water partition coefficient (Wildman–Crippen LogP) is 1.59. The Bertz CT molecular complexity index is 444. The average molecular weight is 251 g/mol. The van der Waals surface area contributed by atoms with Gasteiger partial charge in [0.15, 0.2) is 6.04 Å². The SMILES string of the molecule is CCC(C(=O)O)n1ncc(Cl)c(Cl)c1=O. The van der Waals surface area contributed by atoms with Gasteiger partial charge in [-0.2, -0.15) is 5.10 Å². The van der Waals surface area contributed by atoms with Crippen molar-refractivity contribution in [2.24, 2.45) is 0 Å². The molecule has 0 bridgehead atoms. The molecule has 0 aromatic carbocycles. The lowest BCUT2D eigenvalue weighted by atomic mass is 10.2. The molecule has 0 saturated heterocycles. The third-order valence-corrected chi connectivity index (χ3v) is 2.62. The quantitative estimate of drug-likeness (QED) is 0.885. The fraction of sp³-hybridized carbons (Fsp3) is 0.375. The first-order valence-corrected chi connectivity index (χ1v) is 4.90. The van der Waals surface area contributed by atoms with Crippen molar-refractivity contribution in [2.75, 3.05) is 0 Å². The first-order valence-electron chi connectivity index (χ1n) is 4.14. The number of halogens is 2. The number of aromatic nitrogens is 2. The molecule has 0 radical (unpaired) electrons. The molecule has 0 amide bonds. The minimum absolute atomic E-state index is 0.0122. The van der Waals surface area contributed by atoms with Crippen LogP contribution in [-0.2, 0) is 4.79 Å². The molecule has 0 aliphatic heterocycles. The van der Waals surface area contributed by atoms with Crippen LogP contribution >= 0.6 is 23.2 Å². The molecule has 1 atom stereocenters. The number of hydrogen-bond donors (Lipinski definition) is 1. The zero-order valence-electron chi connectivity index (χ0n) is 7.78. The largest absolute Gasteiger partial charge is 0.480 e. The highest BCUT2D eigenvalue weighted by Gasteiger charge is 2.21. The molecule has 0 aliphatic carbocycles. The summed E-state index contributed by atoms with van der Waals surface area (Å²) in [5.41, 5.74) is -0.696. The second-order valence-corrected chi connectivity index (χ2v) is 3.60. The number of aliphatic carboxylic acids is 1. The predicted molar refractivity (Wildman–Crippen MR) is 55.5 cm³/mol. The van der Waals surface area contributed by atoms with E-state index >= 15 is 0 Å². The summed E-state index contributed by atoms with van der Waals surface area (Å²) in [5.74, 6) is -1.13. The van der Waals surface area contributed by atoms with Gasteiger partial charge in [0.25, 0.3) is 5.56 Å². The lowest BCUT2D eigenvalue weighted by molar-refractivity contribution is -0.141. The lowest BCUT2D eigenvalue weighted by Gasteiger charge is -2.12. The molecule has 1 aromatic heterocycles. The van der Waals surface area contributed by atoms with E-state index in [-0.39, 0.29) is 16.5 Å². The number of carboxylic acid groups (broad SMARTS) is 1. The van der Waals surface area contributed by atoms with Gasteiger partial charge in [0.2, 0.25) is 0 Å². The van der Waals surface area contributed by atoms with Crippen molar-refractivity contribution in [2.45, 2.75) is 19.4 Å². The molecule has 15 heavy (non-hydrogen) atoms. The van der Waals surface area contributed by atoms with Crippen LogP contribution in [0.3, 0.4) is 0 Å². The molecule has 0 saturated carbocycles. The van der Waals surface area contributed by atoms with Crippen LogP contribution in [0, 0.1) is 0 Å². The van der Waals surface area contributed by atoms with Crippen LogP contribution in [-0.4, -0.2) is 20.9 Å². The highest BCUT2D eigenvalue weighted by molar-refractivity contribution is 6.41. The van der Waals surface area contributed by atoms with Gasteiger partial charge in [0.05, 0.1) is 11.2 Å². The maximum Gasteiger partial charge on any atom is 0.328 e. The van der Waals surface area contributed by atoms with E-state index in [9.17, 15) is 9.59 Å². The van der Waals surface area contributed by atoms with E-state index in [2.05, 4.69) is 5.10 Å². The Balaban J connectivity index is 3.32. The maximum absolute atomic E-state index is 11.5. The summed E-state index contributed by atoms with van der Waals surface area (Å²) in [6.07, 6.45) is 1.39. The number of rotatable bonds is 3.